The SMILES string of the molecule is CC1CCN(C2CC(c3ccccc3)CCC2C#N)C1. The van der Waals surface area contributed by atoms with Crippen LogP contribution in [-0.2, 0) is 0 Å². The number of hydrogen-bond acceptors (Lipinski definition) is 2. The molecule has 0 bridgehead atoms. The normalized spacial score (nSPS) is 34.8. The van der Waals surface area contributed by atoms with Gasteiger partial charge in [-0.1, -0.05) is 37.3 Å². The molecule has 2 aliphatic rings. The molecule has 20 heavy (non-hydrogen) atoms. The molecule has 1 aliphatic heterocycles. The number of likely N-dealkylation sites (tertiary alicyclic amines) is 1. The average molecular weight is 268 g/mol. The summed E-state index contributed by atoms with van der Waals surface area (Å²) in [5, 5.41) is 9.47. The van der Waals surface area contributed by atoms with Gasteiger partial charge in [0.1, 0.15) is 0 Å². The van der Waals surface area contributed by atoms with Crippen LogP contribution in [0.25, 0.3) is 0 Å². The third-order valence-corrected chi connectivity index (χ3v) is 5.18. The van der Waals surface area contributed by atoms with Crippen molar-refractivity contribution in [1.82, 2.24) is 4.90 Å². The summed E-state index contributed by atoms with van der Waals surface area (Å²) < 4.78 is 0. The highest BCUT2D eigenvalue weighted by Gasteiger charge is 2.37. The van der Waals surface area contributed by atoms with Crippen LogP contribution in [0.2, 0.25) is 0 Å². The largest absolute Gasteiger partial charge is 0.299 e. The molecule has 2 nitrogen and oxygen atoms in total. The zero-order chi connectivity index (χ0) is 13.9. The molecule has 0 N–H and O–H groups in total. The smallest absolute Gasteiger partial charge is 0.0672 e. The zero-order valence-electron chi connectivity index (χ0n) is 12.3. The van der Waals surface area contributed by atoms with E-state index in [-0.39, 0.29) is 5.92 Å². The molecule has 0 radical (unpaired) electrons. The Morgan fingerprint density at radius 3 is 2.60 bits per heavy atom. The van der Waals surface area contributed by atoms with Gasteiger partial charge >= 0.3 is 0 Å². The minimum Gasteiger partial charge on any atom is -0.299 e. The molecule has 0 aromatic heterocycles. The highest BCUT2D eigenvalue weighted by molar-refractivity contribution is 5.21. The van der Waals surface area contributed by atoms with Gasteiger partial charge in [0.25, 0.3) is 0 Å². The van der Waals surface area contributed by atoms with Gasteiger partial charge in [-0.15, -0.1) is 0 Å². The topological polar surface area (TPSA) is 27.0 Å². The van der Waals surface area contributed by atoms with Crippen LogP contribution >= 0.6 is 0 Å². The Morgan fingerprint density at radius 1 is 1.15 bits per heavy atom. The summed E-state index contributed by atoms with van der Waals surface area (Å²) >= 11 is 0. The van der Waals surface area contributed by atoms with E-state index in [1.54, 1.807) is 0 Å². The standard InChI is InChI=1S/C18H24N2/c1-14-9-10-20(13-14)18-11-16(7-8-17(18)12-19)15-5-3-2-4-6-15/h2-6,14,16-18H,7-11,13H2,1H3. The van der Waals surface area contributed by atoms with E-state index in [0.29, 0.717) is 12.0 Å². The van der Waals surface area contributed by atoms with Crippen molar-refractivity contribution in [2.75, 3.05) is 13.1 Å². The second kappa shape index (κ2) is 5.97. The molecule has 1 saturated carbocycles. The Bertz CT molecular complexity index is 476. The van der Waals surface area contributed by atoms with Crippen molar-refractivity contribution in [3.05, 3.63) is 35.9 Å². The molecule has 3 rings (SSSR count). The van der Waals surface area contributed by atoms with Gasteiger partial charge in [-0.05, 0) is 49.6 Å². The second-order valence-corrected chi connectivity index (χ2v) is 6.61. The van der Waals surface area contributed by atoms with Gasteiger partial charge in [0.2, 0.25) is 0 Å². The van der Waals surface area contributed by atoms with Gasteiger partial charge in [0.05, 0.1) is 12.0 Å². The molecule has 106 valence electrons. The third kappa shape index (κ3) is 2.74. The first-order chi connectivity index (χ1) is 9.78. The zero-order valence-corrected chi connectivity index (χ0v) is 12.3. The molecule has 2 fully saturated rings. The average Bonchev–Trinajstić information content (AvgIpc) is 2.94. The minimum absolute atomic E-state index is 0.236. The Labute approximate surface area is 122 Å². The summed E-state index contributed by atoms with van der Waals surface area (Å²) in [6.07, 6.45) is 4.69. The predicted octanol–water partition coefficient (Wildman–Crippen LogP) is 3.80. The van der Waals surface area contributed by atoms with Crippen molar-refractivity contribution in [3.8, 4) is 6.07 Å². The predicted molar refractivity (Wildman–Crippen MR) is 81.3 cm³/mol. The summed E-state index contributed by atoms with van der Waals surface area (Å²) in [4.78, 5) is 2.59. The van der Waals surface area contributed by atoms with Gasteiger partial charge in [0, 0.05) is 12.6 Å². The van der Waals surface area contributed by atoms with Crippen LogP contribution in [0.15, 0.2) is 30.3 Å². The quantitative estimate of drug-likeness (QED) is 0.815. The molecule has 1 aromatic carbocycles. The van der Waals surface area contributed by atoms with E-state index in [2.05, 4.69) is 48.2 Å². The van der Waals surface area contributed by atoms with Crippen molar-refractivity contribution >= 4 is 0 Å². The van der Waals surface area contributed by atoms with Gasteiger partial charge < -0.3 is 0 Å². The van der Waals surface area contributed by atoms with E-state index in [1.807, 2.05) is 0 Å². The fourth-order valence-electron chi connectivity index (χ4n) is 4.00. The fraction of sp³-hybridized carbons (Fsp3) is 0.611. The monoisotopic (exact) mass is 268 g/mol. The molecular weight excluding hydrogens is 244 g/mol. The van der Waals surface area contributed by atoms with Crippen molar-refractivity contribution in [3.63, 3.8) is 0 Å². The molecule has 2 heteroatoms. The van der Waals surface area contributed by atoms with Crippen LogP contribution in [0.4, 0.5) is 0 Å². The van der Waals surface area contributed by atoms with Crippen LogP contribution in [0.5, 0.6) is 0 Å². The van der Waals surface area contributed by atoms with Crippen LogP contribution < -0.4 is 0 Å². The summed E-state index contributed by atoms with van der Waals surface area (Å²) in [6.45, 7) is 4.70. The van der Waals surface area contributed by atoms with Crippen LogP contribution in [0, 0.1) is 23.2 Å². The Kier molecular flexibility index (Phi) is 4.08. The maximum atomic E-state index is 9.47. The van der Waals surface area contributed by atoms with E-state index in [4.69, 9.17) is 0 Å². The third-order valence-electron chi connectivity index (χ3n) is 5.18. The number of nitriles is 1. The Balaban J connectivity index is 1.75. The van der Waals surface area contributed by atoms with Crippen LogP contribution in [0.3, 0.4) is 0 Å². The highest BCUT2D eigenvalue weighted by Crippen LogP contribution is 2.39. The molecule has 1 heterocycles. The highest BCUT2D eigenvalue weighted by atomic mass is 15.2. The van der Waals surface area contributed by atoms with Crippen LogP contribution in [0.1, 0.15) is 44.1 Å². The molecule has 1 saturated heterocycles. The van der Waals surface area contributed by atoms with E-state index in [1.165, 1.54) is 31.5 Å². The van der Waals surface area contributed by atoms with Crippen molar-refractivity contribution in [2.45, 2.75) is 44.6 Å². The Hall–Kier alpha value is -1.33. The minimum atomic E-state index is 0.236. The van der Waals surface area contributed by atoms with E-state index < -0.39 is 0 Å². The molecule has 1 aromatic rings. The number of hydrogen-bond donors (Lipinski definition) is 0. The number of benzene rings is 1. The Morgan fingerprint density at radius 2 is 1.95 bits per heavy atom. The van der Waals surface area contributed by atoms with Gasteiger partial charge in [0.15, 0.2) is 0 Å². The van der Waals surface area contributed by atoms with Crippen molar-refractivity contribution < 1.29 is 0 Å². The van der Waals surface area contributed by atoms with E-state index in [9.17, 15) is 5.26 Å². The lowest BCUT2D eigenvalue weighted by Gasteiger charge is -2.38. The van der Waals surface area contributed by atoms with Gasteiger partial charge in [-0.25, -0.2) is 0 Å². The van der Waals surface area contributed by atoms with Crippen LogP contribution in [-0.4, -0.2) is 24.0 Å². The molecule has 1 aliphatic carbocycles. The summed E-state index contributed by atoms with van der Waals surface area (Å²) in [6, 6.07) is 13.9. The van der Waals surface area contributed by atoms with E-state index >= 15 is 0 Å². The first-order valence-corrected chi connectivity index (χ1v) is 7.96. The molecule has 0 spiro atoms. The fourth-order valence-corrected chi connectivity index (χ4v) is 4.00. The number of rotatable bonds is 2. The first kappa shape index (κ1) is 13.6. The maximum Gasteiger partial charge on any atom is 0.0672 e. The van der Waals surface area contributed by atoms with Gasteiger partial charge in [-0.2, -0.15) is 5.26 Å². The molecule has 0 amide bonds. The lowest BCUT2D eigenvalue weighted by Crippen LogP contribution is -2.42. The first-order valence-electron chi connectivity index (χ1n) is 7.96. The second-order valence-electron chi connectivity index (χ2n) is 6.61. The molecule has 4 unspecified atom stereocenters. The van der Waals surface area contributed by atoms with E-state index in [0.717, 1.165) is 18.8 Å². The summed E-state index contributed by atoms with van der Waals surface area (Å²) in [7, 11) is 0. The number of nitrogens with zero attached hydrogens (tertiary/aromatic N) is 2. The maximum absolute atomic E-state index is 9.47. The van der Waals surface area contributed by atoms with Crippen molar-refractivity contribution in [2.24, 2.45) is 11.8 Å². The lowest BCUT2D eigenvalue weighted by atomic mass is 9.75. The molecular formula is C18H24N2. The molecule has 4 atom stereocenters. The van der Waals surface area contributed by atoms with Crippen molar-refractivity contribution in [1.29, 1.82) is 5.26 Å². The summed E-state index contributed by atoms with van der Waals surface area (Å²) in [5.74, 6) is 1.67. The lowest BCUT2D eigenvalue weighted by molar-refractivity contribution is 0.141. The van der Waals surface area contributed by atoms with Gasteiger partial charge in [-0.3, -0.25) is 4.90 Å². The summed E-state index contributed by atoms with van der Waals surface area (Å²) in [5.41, 5.74) is 1.46.